The van der Waals surface area contributed by atoms with Crippen LogP contribution >= 0.6 is 0 Å². The molecule has 1 aliphatic rings. The van der Waals surface area contributed by atoms with Gasteiger partial charge in [0.25, 0.3) is 5.91 Å². The third kappa shape index (κ3) is 3.49. The van der Waals surface area contributed by atoms with Gasteiger partial charge in [0.05, 0.1) is 0 Å². The van der Waals surface area contributed by atoms with Crippen molar-refractivity contribution in [1.82, 2.24) is 5.32 Å². The van der Waals surface area contributed by atoms with E-state index >= 15 is 0 Å². The van der Waals surface area contributed by atoms with Gasteiger partial charge in [-0.3, -0.25) is 4.79 Å². The number of benzene rings is 1. The third-order valence-corrected chi connectivity index (χ3v) is 3.43. The lowest BCUT2D eigenvalue weighted by Crippen LogP contribution is -2.26. The van der Waals surface area contributed by atoms with Crippen molar-refractivity contribution in [2.75, 3.05) is 5.32 Å². The number of nitrogens with one attached hydrogen (secondary N) is 2. The normalized spacial score (nSPS) is 16.4. The van der Waals surface area contributed by atoms with Crippen LogP contribution in [0.2, 0.25) is 0 Å². The average molecular weight is 246 g/mol. The number of carbonyl (C=O) groups is 1. The maximum absolute atomic E-state index is 11.9. The fraction of sp³-hybridized carbons (Fsp3) is 0.533. The second kappa shape index (κ2) is 5.42. The maximum Gasteiger partial charge on any atom is 0.251 e. The number of carbonyl (C=O) groups excluding carboxylic acids is 1. The third-order valence-electron chi connectivity index (χ3n) is 3.43. The molecular weight excluding hydrogens is 224 g/mol. The fourth-order valence-electron chi connectivity index (χ4n) is 1.68. The first kappa shape index (κ1) is 12.9. The molecule has 0 aliphatic heterocycles. The van der Waals surface area contributed by atoms with Gasteiger partial charge in [0.2, 0.25) is 0 Å². The van der Waals surface area contributed by atoms with Gasteiger partial charge in [0, 0.05) is 23.3 Å². The van der Waals surface area contributed by atoms with Crippen molar-refractivity contribution >= 4 is 11.6 Å². The summed E-state index contributed by atoms with van der Waals surface area (Å²) in [5, 5.41) is 6.43. The summed E-state index contributed by atoms with van der Waals surface area (Å²) < 4.78 is 0. The van der Waals surface area contributed by atoms with Crippen LogP contribution < -0.4 is 10.6 Å². The SMILES string of the molecule is CC(C)C(C)Nc1cccc(C(=O)NC2CC2)c1. The van der Waals surface area contributed by atoms with Gasteiger partial charge in [0.15, 0.2) is 0 Å². The molecule has 0 saturated heterocycles. The molecule has 1 atom stereocenters. The van der Waals surface area contributed by atoms with E-state index in [-0.39, 0.29) is 5.91 Å². The highest BCUT2D eigenvalue weighted by molar-refractivity contribution is 5.95. The first-order valence-corrected chi connectivity index (χ1v) is 6.73. The number of hydrogen-bond donors (Lipinski definition) is 2. The van der Waals surface area contributed by atoms with Crippen LogP contribution in [0.15, 0.2) is 24.3 Å². The molecule has 0 spiro atoms. The quantitative estimate of drug-likeness (QED) is 0.838. The molecule has 3 nitrogen and oxygen atoms in total. The molecule has 98 valence electrons. The van der Waals surface area contributed by atoms with Gasteiger partial charge < -0.3 is 10.6 Å². The zero-order valence-corrected chi connectivity index (χ0v) is 11.4. The van der Waals surface area contributed by atoms with Crippen molar-refractivity contribution in [3.63, 3.8) is 0 Å². The molecule has 1 aromatic rings. The number of amides is 1. The van der Waals surface area contributed by atoms with Crippen LogP contribution in [0.5, 0.6) is 0 Å². The van der Waals surface area contributed by atoms with E-state index in [1.54, 1.807) is 0 Å². The summed E-state index contributed by atoms with van der Waals surface area (Å²) in [7, 11) is 0. The van der Waals surface area contributed by atoms with Gasteiger partial charge in [-0.05, 0) is 43.9 Å². The smallest absolute Gasteiger partial charge is 0.251 e. The predicted octanol–water partition coefficient (Wildman–Crippen LogP) is 3.04. The Morgan fingerprint density at radius 2 is 2.00 bits per heavy atom. The van der Waals surface area contributed by atoms with Gasteiger partial charge in [-0.15, -0.1) is 0 Å². The molecule has 0 aromatic heterocycles. The maximum atomic E-state index is 11.9. The van der Waals surface area contributed by atoms with Gasteiger partial charge >= 0.3 is 0 Å². The highest BCUT2D eigenvalue weighted by Crippen LogP contribution is 2.20. The molecule has 1 unspecified atom stereocenters. The van der Waals surface area contributed by atoms with Crippen LogP contribution in [0.25, 0.3) is 0 Å². The standard InChI is InChI=1S/C15H22N2O/c1-10(2)11(3)16-14-6-4-5-12(9-14)15(18)17-13-7-8-13/h4-6,9-11,13,16H,7-8H2,1-3H3,(H,17,18). The minimum atomic E-state index is 0.0401. The number of hydrogen-bond acceptors (Lipinski definition) is 2. The van der Waals surface area contributed by atoms with E-state index in [0.717, 1.165) is 24.1 Å². The molecule has 0 bridgehead atoms. The Balaban J connectivity index is 2.01. The number of anilines is 1. The molecule has 2 rings (SSSR count). The molecule has 1 saturated carbocycles. The van der Waals surface area contributed by atoms with E-state index < -0.39 is 0 Å². The van der Waals surface area contributed by atoms with Crippen molar-refractivity contribution in [1.29, 1.82) is 0 Å². The summed E-state index contributed by atoms with van der Waals surface area (Å²) in [4.78, 5) is 11.9. The molecule has 3 heteroatoms. The fourth-order valence-corrected chi connectivity index (χ4v) is 1.68. The zero-order valence-electron chi connectivity index (χ0n) is 11.4. The van der Waals surface area contributed by atoms with E-state index in [1.807, 2.05) is 24.3 Å². The van der Waals surface area contributed by atoms with Crippen LogP contribution in [0.4, 0.5) is 5.69 Å². The molecule has 1 aliphatic carbocycles. The molecule has 2 N–H and O–H groups in total. The van der Waals surface area contributed by atoms with Crippen LogP contribution in [0.3, 0.4) is 0 Å². The van der Waals surface area contributed by atoms with Crippen LogP contribution in [-0.4, -0.2) is 18.0 Å². The van der Waals surface area contributed by atoms with Crippen molar-refractivity contribution in [3.05, 3.63) is 29.8 Å². The lowest BCUT2D eigenvalue weighted by Gasteiger charge is -2.19. The van der Waals surface area contributed by atoms with E-state index in [0.29, 0.717) is 18.0 Å². The van der Waals surface area contributed by atoms with Crippen molar-refractivity contribution in [2.24, 2.45) is 5.92 Å². The monoisotopic (exact) mass is 246 g/mol. The van der Waals surface area contributed by atoms with Crippen LogP contribution in [0, 0.1) is 5.92 Å². The average Bonchev–Trinajstić information content (AvgIpc) is 3.13. The second-order valence-corrected chi connectivity index (χ2v) is 5.51. The summed E-state index contributed by atoms with van der Waals surface area (Å²) >= 11 is 0. The van der Waals surface area contributed by atoms with Crippen LogP contribution in [-0.2, 0) is 0 Å². The molecular formula is C15H22N2O. The summed E-state index contributed by atoms with van der Waals surface area (Å²) in [6, 6.07) is 8.53. The minimum Gasteiger partial charge on any atom is -0.382 e. The van der Waals surface area contributed by atoms with Crippen molar-refractivity contribution < 1.29 is 4.79 Å². The van der Waals surface area contributed by atoms with E-state index in [2.05, 4.69) is 31.4 Å². The molecule has 1 amide bonds. The Morgan fingerprint density at radius 3 is 2.61 bits per heavy atom. The summed E-state index contributed by atoms with van der Waals surface area (Å²) in [5.74, 6) is 0.604. The summed E-state index contributed by atoms with van der Waals surface area (Å²) in [6.45, 7) is 6.52. The molecule has 0 radical (unpaired) electrons. The lowest BCUT2D eigenvalue weighted by atomic mass is 10.1. The van der Waals surface area contributed by atoms with Crippen LogP contribution in [0.1, 0.15) is 44.0 Å². The Labute approximate surface area is 109 Å². The van der Waals surface area contributed by atoms with Gasteiger partial charge in [-0.25, -0.2) is 0 Å². The molecule has 18 heavy (non-hydrogen) atoms. The largest absolute Gasteiger partial charge is 0.382 e. The van der Waals surface area contributed by atoms with Crippen molar-refractivity contribution in [2.45, 2.75) is 45.7 Å². The Kier molecular flexibility index (Phi) is 3.90. The zero-order chi connectivity index (χ0) is 13.1. The van der Waals surface area contributed by atoms with E-state index in [9.17, 15) is 4.79 Å². The van der Waals surface area contributed by atoms with Gasteiger partial charge in [0.1, 0.15) is 0 Å². The second-order valence-electron chi connectivity index (χ2n) is 5.51. The minimum absolute atomic E-state index is 0.0401. The highest BCUT2D eigenvalue weighted by atomic mass is 16.1. The van der Waals surface area contributed by atoms with Gasteiger partial charge in [-0.1, -0.05) is 19.9 Å². The first-order chi connectivity index (χ1) is 8.56. The Morgan fingerprint density at radius 1 is 1.28 bits per heavy atom. The van der Waals surface area contributed by atoms with Crippen molar-refractivity contribution in [3.8, 4) is 0 Å². The lowest BCUT2D eigenvalue weighted by molar-refractivity contribution is 0.0951. The Hall–Kier alpha value is -1.51. The summed E-state index contributed by atoms with van der Waals surface area (Å²) in [5.41, 5.74) is 1.75. The van der Waals surface area contributed by atoms with Gasteiger partial charge in [-0.2, -0.15) is 0 Å². The number of rotatable bonds is 5. The topological polar surface area (TPSA) is 41.1 Å². The van der Waals surface area contributed by atoms with E-state index in [1.165, 1.54) is 0 Å². The highest BCUT2D eigenvalue weighted by Gasteiger charge is 2.23. The molecule has 0 heterocycles. The summed E-state index contributed by atoms with van der Waals surface area (Å²) in [6.07, 6.45) is 2.24. The Bertz CT molecular complexity index is 424. The predicted molar refractivity (Wildman–Crippen MR) is 74.9 cm³/mol. The first-order valence-electron chi connectivity index (χ1n) is 6.73. The molecule has 1 fully saturated rings. The molecule has 1 aromatic carbocycles. The van der Waals surface area contributed by atoms with E-state index in [4.69, 9.17) is 0 Å².